The van der Waals surface area contributed by atoms with Crippen LogP contribution in [0.3, 0.4) is 0 Å². The van der Waals surface area contributed by atoms with Gasteiger partial charge in [0, 0.05) is 31.3 Å². The monoisotopic (exact) mass is 251 g/mol. The van der Waals surface area contributed by atoms with Gasteiger partial charge >= 0.3 is 0 Å². The van der Waals surface area contributed by atoms with E-state index in [2.05, 4.69) is 20.4 Å². The molecule has 0 fully saturated rings. The van der Waals surface area contributed by atoms with Gasteiger partial charge in [0.05, 0.1) is 0 Å². The molecule has 2 aromatic rings. The summed E-state index contributed by atoms with van der Waals surface area (Å²) < 4.78 is 1.72. The van der Waals surface area contributed by atoms with Gasteiger partial charge in [-0.05, 0) is 0 Å². The Balaban J connectivity index is 2.26. The van der Waals surface area contributed by atoms with Gasteiger partial charge < -0.3 is 5.32 Å². The highest BCUT2D eigenvalue weighted by molar-refractivity contribution is 6.29. The van der Waals surface area contributed by atoms with Crippen LogP contribution in [0.5, 0.6) is 0 Å². The third kappa shape index (κ3) is 2.94. The molecule has 2 rings (SSSR count). The van der Waals surface area contributed by atoms with E-state index in [0.717, 1.165) is 11.6 Å². The Morgan fingerprint density at radius 3 is 2.65 bits per heavy atom. The van der Waals surface area contributed by atoms with E-state index in [1.54, 1.807) is 10.7 Å². The lowest BCUT2D eigenvalue weighted by atomic mass is 10.2. The minimum absolute atomic E-state index is 0.234. The highest BCUT2D eigenvalue weighted by atomic mass is 35.5. The first-order valence-electron chi connectivity index (χ1n) is 5.36. The molecular formula is C11H14ClN5. The Hall–Kier alpha value is -1.62. The molecule has 6 heteroatoms. The molecule has 2 aromatic heterocycles. The van der Waals surface area contributed by atoms with Crippen LogP contribution in [0.2, 0.25) is 5.15 Å². The quantitative estimate of drug-likeness (QED) is 0.853. The fourth-order valence-corrected chi connectivity index (χ4v) is 1.56. The molecule has 0 aliphatic heterocycles. The predicted octanol–water partition coefficient (Wildman–Crippen LogP) is 2.73. The number of rotatable bonds is 3. The third-order valence-corrected chi connectivity index (χ3v) is 2.39. The van der Waals surface area contributed by atoms with E-state index in [1.807, 2.05) is 33.2 Å². The van der Waals surface area contributed by atoms with Crippen molar-refractivity contribution in [2.75, 3.05) is 5.32 Å². The lowest BCUT2D eigenvalue weighted by Gasteiger charge is -2.07. The molecule has 0 saturated heterocycles. The van der Waals surface area contributed by atoms with Crippen LogP contribution < -0.4 is 5.32 Å². The van der Waals surface area contributed by atoms with E-state index in [1.165, 1.54) is 0 Å². The minimum atomic E-state index is 0.234. The van der Waals surface area contributed by atoms with Crippen LogP contribution in [0.4, 0.5) is 11.6 Å². The Labute approximate surface area is 105 Å². The van der Waals surface area contributed by atoms with Gasteiger partial charge in [0.15, 0.2) is 5.82 Å². The molecule has 5 nitrogen and oxygen atoms in total. The van der Waals surface area contributed by atoms with Crippen molar-refractivity contribution in [2.45, 2.75) is 19.8 Å². The number of aryl methyl sites for hydroxylation is 1. The maximum atomic E-state index is 5.95. The number of nitrogens with one attached hydrogen (secondary N) is 1. The van der Waals surface area contributed by atoms with E-state index in [0.29, 0.717) is 11.0 Å². The summed E-state index contributed by atoms with van der Waals surface area (Å²) in [6, 6.07) is 3.55. The Kier molecular flexibility index (Phi) is 3.28. The highest BCUT2D eigenvalue weighted by Crippen LogP contribution is 2.19. The molecule has 0 atom stereocenters. The fraction of sp³-hybridized carbons (Fsp3) is 0.364. The molecule has 0 spiro atoms. The molecule has 0 aliphatic carbocycles. The molecule has 0 aromatic carbocycles. The maximum absolute atomic E-state index is 5.95. The zero-order chi connectivity index (χ0) is 12.4. The average molecular weight is 252 g/mol. The van der Waals surface area contributed by atoms with Gasteiger partial charge in [-0.2, -0.15) is 5.10 Å². The lowest BCUT2D eigenvalue weighted by Crippen LogP contribution is -2.02. The molecule has 0 aliphatic rings. The first-order chi connectivity index (χ1) is 8.04. The van der Waals surface area contributed by atoms with Gasteiger partial charge in [0.25, 0.3) is 0 Å². The first kappa shape index (κ1) is 11.9. The molecule has 2 heterocycles. The number of anilines is 2. The van der Waals surface area contributed by atoms with E-state index in [4.69, 9.17) is 11.6 Å². The van der Waals surface area contributed by atoms with Crippen molar-refractivity contribution in [3.63, 3.8) is 0 Å². The van der Waals surface area contributed by atoms with E-state index in [9.17, 15) is 0 Å². The second kappa shape index (κ2) is 4.71. The van der Waals surface area contributed by atoms with Crippen LogP contribution in [0.1, 0.15) is 25.6 Å². The number of halogens is 1. The van der Waals surface area contributed by atoms with Gasteiger partial charge in [0.2, 0.25) is 0 Å². The maximum Gasteiger partial charge on any atom is 0.153 e. The van der Waals surface area contributed by atoms with Crippen LogP contribution in [-0.2, 0) is 7.05 Å². The van der Waals surface area contributed by atoms with Crippen molar-refractivity contribution >= 4 is 23.2 Å². The molecule has 0 amide bonds. The predicted molar refractivity (Wildman–Crippen MR) is 67.6 cm³/mol. The van der Waals surface area contributed by atoms with Gasteiger partial charge in [0.1, 0.15) is 16.8 Å². The van der Waals surface area contributed by atoms with Crippen LogP contribution in [0, 0.1) is 0 Å². The molecule has 0 radical (unpaired) electrons. The Bertz CT molecular complexity index is 520. The summed E-state index contributed by atoms with van der Waals surface area (Å²) in [5, 5.41) is 7.74. The largest absolute Gasteiger partial charge is 0.323 e. The number of aromatic nitrogens is 4. The van der Waals surface area contributed by atoms with Crippen molar-refractivity contribution in [1.29, 1.82) is 0 Å². The van der Waals surface area contributed by atoms with Crippen LogP contribution >= 0.6 is 11.6 Å². The molecule has 0 unspecified atom stereocenters. The molecule has 17 heavy (non-hydrogen) atoms. The normalized spacial score (nSPS) is 10.9. The summed E-state index contributed by atoms with van der Waals surface area (Å²) in [6.45, 7) is 4.05. The van der Waals surface area contributed by atoms with Crippen LogP contribution in [0.25, 0.3) is 0 Å². The summed E-state index contributed by atoms with van der Waals surface area (Å²) >= 11 is 5.95. The SMILES string of the molecule is CC(C)c1nc(Cl)cc(Nc2ccn(C)n2)n1. The zero-order valence-electron chi connectivity index (χ0n) is 9.98. The van der Waals surface area contributed by atoms with Gasteiger partial charge in [-0.3, -0.25) is 4.68 Å². The fourth-order valence-electron chi connectivity index (χ4n) is 1.37. The Morgan fingerprint density at radius 2 is 2.06 bits per heavy atom. The van der Waals surface area contributed by atoms with E-state index in [-0.39, 0.29) is 5.92 Å². The van der Waals surface area contributed by atoms with Crippen LogP contribution in [-0.4, -0.2) is 19.7 Å². The second-order valence-corrected chi connectivity index (χ2v) is 4.48. The summed E-state index contributed by atoms with van der Waals surface area (Å²) in [5.74, 6) is 2.35. The topological polar surface area (TPSA) is 55.6 Å². The van der Waals surface area contributed by atoms with Crippen molar-refractivity contribution in [3.05, 3.63) is 29.3 Å². The Morgan fingerprint density at radius 1 is 1.29 bits per heavy atom. The van der Waals surface area contributed by atoms with Crippen LogP contribution in [0.15, 0.2) is 18.3 Å². The highest BCUT2D eigenvalue weighted by Gasteiger charge is 2.07. The minimum Gasteiger partial charge on any atom is -0.323 e. The van der Waals surface area contributed by atoms with E-state index < -0.39 is 0 Å². The zero-order valence-corrected chi connectivity index (χ0v) is 10.7. The molecular weight excluding hydrogens is 238 g/mol. The first-order valence-corrected chi connectivity index (χ1v) is 5.73. The van der Waals surface area contributed by atoms with Crippen molar-refractivity contribution in [3.8, 4) is 0 Å². The lowest BCUT2D eigenvalue weighted by molar-refractivity contribution is 0.767. The molecule has 1 N–H and O–H groups in total. The van der Waals surface area contributed by atoms with Crippen molar-refractivity contribution < 1.29 is 0 Å². The van der Waals surface area contributed by atoms with Gasteiger partial charge in [-0.25, -0.2) is 9.97 Å². The van der Waals surface area contributed by atoms with Gasteiger partial charge in [-0.1, -0.05) is 25.4 Å². The van der Waals surface area contributed by atoms with Crippen molar-refractivity contribution in [2.24, 2.45) is 7.05 Å². The second-order valence-electron chi connectivity index (χ2n) is 4.09. The summed E-state index contributed by atoms with van der Waals surface area (Å²) in [4.78, 5) is 8.55. The summed E-state index contributed by atoms with van der Waals surface area (Å²) in [7, 11) is 1.86. The smallest absolute Gasteiger partial charge is 0.153 e. The number of nitrogens with zero attached hydrogens (tertiary/aromatic N) is 4. The number of hydrogen-bond acceptors (Lipinski definition) is 4. The average Bonchev–Trinajstić information content (AvgIpc) is 2.63. The standard InChI is InChI=1S/C11H14ClN5/c1-7(2)11-13-8(12)6-10(15-11)14-9-4-5-17(3)16-9/h4-7H,1-3H3,(H,13,14,15,16). The summed E-state index contributed by atoms with van der Waals surface area (Å²) in [5.41, 5.74) is 0. The molecule has 0 saturated carbocycles. The molecule has 0 bridgehead atoms. The summed E-state index contributed by atoms with van der Waals surface area (Å²) in [6.07, 6.45) is 1.86. The third-order valence-electron chi connectivity index (χ3n) is 2.20. The van der Waals surface area contributed by atoms with Crippen molar-refractivity contribution in [1.82, 2.24) is 19.7 Å². The van der Waals surface area contributed by atoms with E-state index >= 15 is 0 Å². The molecule has 90 valence electrons. The van der Waals surface area contributed by atoms with Gasteiger partial charge in [-0.15, -0.1) is 0 Å². The number of hydrogen-bond donors (Lipinski definition) is 1.